The molecule has 3 aliphatic rings. The zero-order valence-electron chi connectivity index (χ0n) is 8.14. The van der Waals surface area contributed by atoms with Gasteiger partial charge in [0.2, 0.25) is 0 Å². The minimum Gasteiger partial charge on any atom is -0.253 e. The Morgan fingerprint density at radius 3 is 2.80 bits per heavy atom. The summed E-state index contributed by atoms with van der Waals surface area (Å²) in [5, 5.41) is 0. The summed E-state index contributed by atoms with van der Waals surface area (Å²) in [6, 6.07) is 0.00171. The summed E-state index contributed by atoms with van der Waals surface area (Å²) >= 11 is 3.97. The molecule has 1 N–H and O–H groups in total. The van der Waals surface area contributed by atoms with E-state index in [1.165, 1.54) is 11.5 Å². The van der Waals surface area contributed by atoms with E-state index in [0.717, 1.165) is 19.3 Å². The molecule has 2 saturated heterocycles. The smallest absolute Gasteiger partial charge is 0.253 e. The van der Waals surface area contributed by atoms with Crippen molar-refractivity contribution in [3.8, 4) is 0 Å². The van der Waals surface area contributed by atoms with Gasteiger partial charge in [0.05, 0.1) is 16.2 Å². The van der Waals surface area contributed by atoms with Crippen molar-refractivity contribution < 1.29 is 12.6 Å². The quantitative estimate of drug-likeness (QED) is 0.708. The Hall–Kier alpha value is 0.570. The van der Waals surface area contributed by atoms with Crippen LogP contribution in [0.5, 0.6) is 0 Å². The van der Waals surface area contributed by atoms with Crippen molar-refractivity contribution in [2.24, 2.45) is 0 Å². The average molecular weight is 267 g/mol. The molecule has 2 atom stereocenters. The third-order valence-corrected chi connectivity index (χ3v) is 7.82. The van der Waals surface area contributed by atoms with E-state index in [1.807, 2.05) is 23.5 Å². The van der Waals surface area contributed by atoms with Crippen molar-refractivity contribution in [1.29, 1.82) is 0 Å². The Kier molecular flexibility index (Phi) is 2.52. The fraction of sp³-hybridized carbons (Fsp3) is 1.00. The molecular weight excluding hydrogens is 254 g/mol. The highest BCUT2D eigenvalue weighted by Gasteiger charge is 2.49. The molecule has 4 nitrogen and oxygen atoms in total. The van der Waals surface area contributed by atoms with Crippen molar-refractivity contribution in [3.63, 3.8) is 0 Å². The predicted molar refractivity (Wildman–Crippen MR) is 62.2 cm³/mol. The zero-order chi connectivity index (χ0) is 10.5. The summed E-state index contributed by atoms with van der Waals surface area (Å²) in [6.45, 7) is 0. The van der Waals surface area contributed by atoms with Crippen LogP contribution in [0.3, 0.4) is 0 Å². The van der Waals surface area contributed by atoms with E-state index in [9.17, 15) is 8.42 Å². The highest BCUT2D eigenvalue weighted by molar-refractivity contribution is 8.21. The number of hydrogen-bond acceptors (Lipinski definition) is 5. The van der Waals surface area contributed by atoms with Crippen molar-refractivity contribution in [2.45, 2.75) is 35.5 Å². The van der Waals surface area contributed by atoms with Gasteiger partial charge in [-0.25, -0.2) is 0 Å². The van der Waals surface area contributed by atoms with Crippen molar-refractivity contribution >= 4 is 33.8 Å². The van der Waals surface area contributed by atoms with E-state index < -0.39 is 10.3 Å². The first-order valence-electron chi connectivity index (χ1n) is 5.07. The second-order valence-electron chi connectivity index (χ2n) is 4.16. The lowest BCUT2D eigenvalue weighted by Gasteiger charge is -2.36. The first-order chi connectivity index (χ1) is 7.09. The number of hydrogen-bond donors (Lipinski definition) is 1. The van der Waals surface area contributed by atoms with Crippen LogP contribution >= 0.6 is 23.5 Å². The van der Waals surface area contributed by atoms with Crippen LogP contribution in [0.15, 0.2) is 0 Å². The Balaban J connectivity index is 1.78. The van der Waals surface area contributed by atoms with Crippen LogP contribution in [0, 0.1) is 0 Å². The van der Waals surface area contributed by atoms with E-state index in [0.29, 0.717) is 0 Å². The van der Waals surface area contributed by atoms with Gasteiger partial charge in [-0.2, -0.15) is 13.1 Å². The van der Waals surface area contributed by atoms with E-state index in [2.05, 4.69) is 4.72 Å². The molecule has 1 aliphatic carbocycles. The summed E-state index contributed by atoms with van der Waals surface area (Å²) in [6.07, 6.45) is 2.71. The van der Waals surface area contributed by atoms with Gasteiger partial charge in [0.25, 0.3) is 0 Å². The Morgan fingerprint density at radius 1 is 1.33 bits per heavy atom. The maximum atomic E-state index is 11.3. The fourth-order valence-corrected chi connectivity index (χ4v) is 7.08. The molecule has 0 aromatic heterocycles. The molecule has 15 heavy (non-hydrogen) atoms. The van der Waals surface area contributed by atoms with Gasteiger partial charge in [0.15, 0.2) is 0 Å². The van der Waals surface area contributed by atoms with Gasteiger partial charge in [-0.1, -0.05) is 0 Å². The minimum absolute atomic E-state index is 0.00171. The van der Waals surface area contributed by atoms with E-state index in [1.54, 1.807) is 0 Å². The first kappa shape index (κ1) is 10.7. The maximum Gasteiger partial charge on any atom is 0.336 e. The highest BCUT2D eigenvalue weighted by atomic mass is 32.2. The van der Waals surface area contributed by atoms with Crippen LogP contribution in [-0.4, -0.2) is 36.1 Å². The molecule has 2 aliphatic heterocycles. The van der Waals surface area contributed by atoms with Crippen molar-refractivity contribution in [3.05, 3.63) is 0 Å². The minimum atomic E-state index is -3.44. The van der Waals surface area contributed by atoms with Crippen LogP contribution in [-0.2, 0) is 14.5 Å². The summed E-state index contributed by atoms with van der Waals surface area (Å²) in [7, 11) is -3.44. The summed E-state index contributed by atoms with van der Waals surface area (Å²) in [5.41, 5.74) is 0. The Labute approximate surface area is 98.2 Å². The second kappa shape index (κ2) is 3.53. The summed E-state index contributed by atoms with van der Waals surface area (Å²) in [4.78, 5) is 0. The van der Waals surface area contributed by atoms with Crippen LogP contribution in [0.2, 0.25) is 0 Å². The van der Waals surface area contributed by atoms with Gasteiger partial charge in [-0.05, 0) is 19.3 Å². The van der Waals surface area contributed by atoms with Gasteiger partial charge < -0.3 is 0 Å². The predicted octanol–water partition coefficient (Wildman–Crippen LogP) is 0.948. The van der Waals surface area contributed by atoms with Crippen LogP contribution < -0.4 is 4.72 Å². The first-order valence-corrected chi connectivity index (χ1v) is 8.45. The van der Waals surface area contributed by atoms with Gasteiger partial charge in [-0.3, -0.25) is 4.18 Å². The summed E-state index contributed by atoms with van der Waals surface area (Å²) in [5.74, 6) is 2.38. The van der Waals surface area contributed by atoms with E-state index >= 15 is 0 Å². The molecule has 0 radical (unpaired) electrons. The maximum absolute atomic E-state index is 11.3. The molecule has 3 rings (SSSR count). The molecule has 0 unspecified atom stereocenters. The van der Waals surface area contributed by atoms with Crippen LogP contribution in [0.25, 0.3) is 0 Å². The zero-order valence-corrected chi connectivity index (χ0v) is 10.6. The molecule has 1 spiro atoms. The normalized spacial score (nSPS) is 41.9. The molecule has 0 amide bonds. The topological polar surface area (TPSA) is 55.4 Å². The average Bonchev–Trinajstić information content (AvgIpc) is 2.69. The lowest BCUT2D eigenvalue weighted by atomic mass is 9.92. The molecule has 2 heterocycles. The molecule has 0 aromatic carbocycles. The van der Waals surface area contributed by atoms with Crippen LogP contribution in [0.1, 0.15) is 19.3 Å². The molecule has 0 aromatic rings. The highest BCUT2D eigenvalue weighted by Crippen LogP contribution is 2.53. The van der Waals surface area contributed by atoms with Crippen molar-refractivity contribution in [1.82, 2.24) is 4.72 Å². The van der Waals surface area contributed by atoms with Gasteiger partial charge in [0, 0.05) is 11.5 Å². The molecule has 86 valence electrons. The fourth-order valence-electron chi connectivity index (χ4n) is 2.50. The second-order valence-corrected chi connectivity index (χ2v) is 8.72. The van der Waals surface area contributed by atoms with E-state index in [-0.39, 0.29) is 16.2 Å². The summed E-state index contributed by atoms with van der Waals surface area (Å²) < 4.78 is 30.4. The Bertz CT molecular complexity index is 363. The number of nitrogens with one attached hydrogen (secondary N) is 1. The van der Waals surface area contributed by atoms with Gasteiger partial charge in [-0.15, -0.1) is 23.5 Å². The third-order valence-electron chi connectivity index (χ3n) is 3.15. The van der Waals surface area contributed by atoms with Crippen LogP contribution in [0.4, 0.5) is 0 Å². The lowest BCUT2D eigenvalue weighted by molar-refractivity contribution is 0.169. The number of rotatable bonds is 0. The number of fused-ring (bicyclic) bond motifs is 1. The Morgan fingerprint density at radius 2 is 2.07 bits per heavy atom. The van der Waals surface area contributed by atoms with Crippen molar-refractivity contribution in [2.75, 3.05) is 11.5 Å². The largest absolute Gasteiger partial charge is 0.336 e. The molecular formula is C8H13NO3S3. The number of thioether (sulfide) groups is 2. The SMILES string of the molecule is O=S1(=O)N[C@H]2CC3(CC[C@H]2O1)SCCS3. The van der Waals surface area contributed by atoms with Gasteiger partial charge in [0.1, 0.15) is 0 Å². The lowest BCUT2D eigenvalue weighted by Crippen LogP contribution is -2.42. The molecule has 1 saturated carbocycles. The van der Waals surface area contributed by atoms with E-state index in [4.69, 9.17) is 4.18 Å². The monoisotopic (exact) mass is 267 g/mol. The standard InChI is InChI=1S/C8H13NO3S3/c10-15(11)9-6-5-8(13-3-4-14-8)2-1-7(6)12-15/h6-7,9H,1-5H2/t6-,7+/m0/s1. The third kappa shape index (κ3) is 1.93. The van der Waals surface area contributed by atoms with Gasteiger partial charge >= 0.3 is 10.3 Å². The molecule has 0 bridgehead atoms. The molecule has 7 heteroatoms. The molecule has 3 fully saturated rings.